The van der Waals surface area contributed by atoms with Gasteiger partial charge >= 0.3 is 12.1 Å². The molecular formula is C7H6F3NO5S2. The Morgan fingerprint density at radius 1 is 1.50 bits per heavy atom. The Morgan fingerprint density at radius 3 is 2.61 bits per heavy atom. The molecule has 18 heavy (non-hydrogen) atoms. The Hall–Kier alpha value is -1.17. The van der Waals surface area contributed by atoms with Crippen LogP contribution in [0.1, 0.15) is 9.67 Å². The van der Waals surface area contributed by atoms with Crippen LogP contribution in [0.3, 0.4) is 0 Å². The van der Waals surface area contributed by atoms with E-state index in [1.165, 1.54) is 10.3 Å². The van der Waals surface area contributed by atoms with Crippen LogP contribution >= 0.6 is 11.3 Å². The molecule has 0 unspecified atom stereocenters. The lowest BCUT2D eigenvalue weighted by Gasteiger charge is -2.08. The number of aromatic carboxylic acids is 1. The van der Waals surface area contributed by atoms with Gasteiger partial charge in [0, 0.05) is 0 Å². The van der Waals surface area contributed by atoms with Crippen LogP contribution in [-0.4, -0.2) is 32.3 Å². The summed E-state index contributed by atoms with van der Waals surface area (Å²) in [7, 11) is -4.46. The maximum atomic E-state index is 11.7. The first-order valence-electron chi connectivity index (χ1n) is 4.14. The van der Waals surface area contributed by atoms with E-state index in [2.05, 4.69) is 4.84 Å². The summed E-state index contributed by atoms with van der Waals surface area (Å²) in [6.45, 7) is -1.82. The summed E-state index contributed by atoms with van der Waals surface area (Å²) in [5.74, 6) is -1.50. The van der Waals surface area contributed by atoms with Crippen LogP contribution in [0.2, 0.25) is 0 Å². The normalized spacial score (nSPS) is 12.6. The van der Waals surface area contributed by atoms with Crippen LogP contribution in [0.15, 0.2) is 16.3 Å². The summed E-state index contributed by atoms with van der Waals surface area (Å²) >= 11 is 0.627. The van der Waals surface area contributed by atoms with Crippen molar-refractivity contribution in [2.45, 2.75) is 11.1 Å². The number of nitrogens with one attached hydrogen (secondary N) is 1. The van der Waals surface area contributed by atoms with Gasteiger partial charge < -0.3 is 5.11 Å². The SMILES string of the molecule is O=C(O)c1sccc1S(=O)(=O)NOCC(F)(F)F. The van der Waals surface area contributed by atoms with E-state index in [9.17, 15) is 26.4 Å². The number of alkyl halides is 3. The second-order valence-corrected chi connectivity index (χ2v) is 5.44. The van der Waals surface area contributed by atoms with Gasteiger partial charge in [0.2, 0.25) is 0 Å². The molecule has 0 saturated heterocycles. The molecule has 0 radical (unpaired) electrons. The second-order valence-electron chi connectivity index (χ2n) is 2.91. The molecule has 1 aromatic rings. The third-order valence-electron chi connectivity index (χ3n) is 1.52. The van der Waals surface area contributed by atoms with Crippen molar-refractivity contribution in [1.29, 1.82) is 0 Å². The molecule has 0 spiro atoms. The molecule has 102 valence electrons. The monoisotopic (exact) mass is 305 g/mol. The molecule has 11 heteroatoms. The van der Waals surface area contributed by atoms with E-state index in [0.717, 1.165) is 6.07 Å². The van der Waals surface area contributed by atoms with Gasteiger partial charge in [-0.05, 0) is 11.4 Å². The molecular weight excluding hydrogens is 299 g/mol. The van der Waals surface area contributed by atoms with Gasteiger partial charge in [0.1, 0.15) is 9.77 Å². The molecule has 0 amide bonds. The number of hydrogen-bond acceptors (Lipinski definition) is 5. The van der Waals surface area contributed by atoms with Crippen molar-refractivity contribution in [1.82, 2.24) is 4.89 Å². The van der Waals surface area contributed by atoms with Gasteiger partial charge in [0.15, 0.2) is 6.61 Å². The Morgan fingerprint density at radius 2 is 2.11 bits per heavy atom. The Balaban J connectivity index is 2.81. The van der Waals surface area contributed by atoms with Gasteiger partial charge in [-0.3, -0.25) is 4.84 Å². The third kappa shape index (κ3) is 3.94. The molecule has 0 aliphatic rings. The van der Waals surface area contributed by atoms with Crippen molar-refractivity contribution in [3.8, 4) is 0 Å². The number of thiophene rings is 1. The zero-order valence-corrected chi connectivity index (χ0v) is 10.0. The second kappa shape index (κ2) is 5.22. The molecule has 0 aliphatic carbocycles. The zero-order chi connectivity index (χ0) is 14.0. The highest BCUT2D eigenvalue weighted by Gasteiger charge is 2.30. The zero-order valence-electron chi connectivity index (χ0n) is 8.39. The van der Waals surface area contributed by atoms with E-state index in [-0.39, 0.29) is 0 Å². The standard InChI is InChI=1S/C7H6F3NO5S2/c8-7(9,10)3-16-11-18(14,15)4-1-2-17-5(4)6(12)13/h1-2,11H,3H2,(H,12,13). The molecule has 0 aliphatic heterocycles. The molecule has 2 N–H and O–H groups in total. The quantitative estimate of drug-likeness (QED) is 0.798. The fourth-order valence-corrected chi connectivity index (χ4v) is 2.97. The van der Waals surface area contributed by atoms with Gasteiger partial charge in [0.25, 0.3) is 10.0 Å². The van der Waals surface area contributed by atoms with Crippen molar-refractivity contribution in [3.63, 3.8) is 0 Å². The van der Waals surface area contributed by atoms with Crippen molar-refractivity contribution in [2.24, 2.45) is 0 Å². The molecule has 6 nitrogen and oxygen atoms in total. The first-order valence-corrected chi connectivity index (χ1v) is 6.51. The summed E-state index contributed by atoms with van der Waals surface area (Å²) in [5.41, 5.74) is 0. The predicted molar refractivity (Wildman–Crippen MR) is 53.6 cm³/mol. The molecule has 0 bridgehead atoms. The van der Waals surface area contributed by atoms with E-state index in [4.69, 9.17) is 5.11 Å². The van der Waals surface area contributed by atoms with E-state index in [1.54, 1.807) is 0 Å². The number of carbonyl (C=O) groups is 1. The van der Waals surface area contributed by atoms with E-state index in [1.807, 2.05) is 0 Å². The molecule has 1 rings (SSSR count). The topological polar surface area (TPSA) is 92.7 Å². The summed E-state index contributed by atoms with van der Waals surface area (Å²) in [6.07, 6.45) is -4.70. The van der Waals surface area contributed by atoms with E-state index >= 15 is 0 Å². The summed E-state index contributed by atoms with van der Waals surface area (Å²) in [5, 5.41) is 9.85. The molecule has 0 fully saturated rings. The molecule has 0 atom stereocenters. The van der Waals surface area contributed by atoms with Crippen LogP contribution in [0.4, 0.5) is 13.2 Å². The van der Waals surface area contributed by atoms with Crippen LogP contribution in [0.25, 0.3) is 0 Å². The van der Waals surface area contributed by atoms with Crippen molar-refractivity contribution in [3.05, 3.63) is 16.3 Å². The van der Waals surface area contributed by atoms with Crippen molar-refractivity contribution >= 4 is 27.3 Å². The van der Waals surface area contributed by atoms with Gasteiger partial charge in [-0.1, -0.05) is 4.89 Å². The van der Waals surface area contributed by atoms with Crippen molar-refractivity contribution < 1.29 is 36.3 Å². The summed E-state index contributed by atoms with van der Waals surface area (Å²) in [6, 6.07) is 0.952. The van der Waals surface area contributed by atoms with E-state index in [0.29, 0.717) is 11.3 Å². The van der Waals surface area contributed by atoms with Gasteiger partial charge in [-0.25, -0.2) is 13.2 Å². The number of carboxylic acid groups (broad SMARTS) is 1. The number of carboxylic acids is 1. The molecule has 1 heterocycles. The lowest BCUT2D eigenvalue weighted by atomic mass is 10.5. The molecule has 1 aromatic heterocycles. The number of hydrogen-bond donors (Lipinski definition) is 2. The van der Waals surface area contributed by atoms with Crippen LogP contribution in [0.5, 0.6) is 0 Å². The highest BCUT2D eigenvalue weighted by atomic mass is 32.2. The average Bonchev–Trinajstić information content (AvgIpc) is 2.63. The average molecular weight is 305 g/mol. The largest absolute Gasteiger partial charge is 0.477 e. The predicted octanol–water partition coefficient (Wildman–Crippen LogP) is 1.22. The van der Waals surface area contributed by atoms with Crippen LogP contribution < -0.4 is 4.89 Å². The first-order chi connectivity index (χ1) is 8.13. The van der Waals surface area contributed by atoms with Gasteiger partial charge in [-0.15, -0.1) is 11.3 Å². The highest BCUT2D eigenvalue weighted by Crippen LogP contribution is 2.22. The lowest BCUT2D eigenvalue weighted by molar-refractivity contribution is -0.181. The Labute approximate surface area is 103 Å². The minimum Gasteiger partial charge on any atom is -0.477 e. The Kier molecular flexibility index (Phi) is 4.32. The smallest absolute Gasteiger partial charge is 0.413 e. The first kappa shape index (κ1) is 14.9. The fourth-order valence-electron chi connectivity index (χ4n) is 0.899. The summed E-state index contributed by atoms with van der Waals surface area (Å²) in [4.78, 5) is 14.5. The third-order valence-corrected chi connectivity index (χ3v) is 3.81. The molecule has 0 saturated carbocycles. The molecule has 0 aromatic carbocycles. The minimum absolute atomic E-state index is 0.516. The lowest BCUT2D eigenvalue weighted by Crippen LogP contribution is -2.30. The van der Waals surface area contributed by atoms with Crippen LogP contribution in [-0.2, 0) is 14.9 Å². The highest BCUT2D eigenvalue weighted by molar-refractivity contribution is 7.89. The maximum absolute atomic E-state index is 11.7. The number of halogens is 3. The maximum Gasteiger partial charge on any atom is 0.413 e. The van der Waals surface area contributed by atoms with Crippen LogP contribution in [0, 0.1) is 0 Å². The minimum atomic E-state index is -4.70. The number of rotatable bonds is 5. The van der Waals surface area contributed by atoms with Gasteiger partial charge in [-0.2, -0.15) is 13.2 Å². The van der Waals surface area contributed by atoms with Crippen molar-refractivity contribution in [2.75, 3.05) is 6.61 Å². The van der Waals surface area contributed by atoms with E-state index < -0.39 is 38.5 Å². The van der Waals surface area contributed by atoms with Gasteiger partial charge in [0.05, 0.1) is 0 Å². The number of sulfonamides is 1. The summed E-state index contributed by atoms with van der Waals surface area (Å²) < 4.78 is 58.1. The Bertz CT molecular complexity index is 536. The fraction of sp³-hybridized carbons (Fsp3) is 0.286.